The summed E-state index contributed by atoms with van der Waals surface area (Å²) in [5.41, 5.74) is -0.0654. The van der Waals surface area contributed by atoms with Gasteiger partial charge in [-0.1, -0.05) is 36.1 Å². The van der Waals surface area contributed by atoms with Gasteiger partial charge >= 0.3 is 0 Å². The smallest absolute Gasteiger partial charge is 0.211 e. The van der Waals surface area contributed by atoms with E-state index in [1.807, 2.05) is 0 Å². The van der Waals surface area contributed by atoms with Gasteiger partial charge in [0.15, 0.2) is 0 Å². The third-order valence-corrected chi connectivity index (χ3v) is 7.77. The first-order valence-corrected chi connectivity index (χ1v) is 10.1. The van der Waals surface area contributed by atoms with Crippen LogP contribution in [0.25, 0.3) is 5.76 Å². The molecule has 0 radical (unpaired) electrons. The van der Waals surface area contributed by atoms with E-state index in [0.29, 0.717) is 6.08 Å². The molecule has 0 fully saturated rings. The number of hydrogen-bond acceptors (Lipinski definition) is 6. The second-order valence-corrected chi connectivity index (χ2v) is 9.30. The Bertz CT molecular complexity index is 1230. The van der Waals surface area contributed by atoms with Crippen LogP contribution in [0.4, 0.5) is 0 Å². The molecule has 0 unspecified atom stereocenters. The molecule has 2 aliphatic rings. The first-order chi connectivity index (χ1) is 11.8. The highest BCUT2D eigenvalue weighted by Gasteiger charge is 2.40. The number of rotatable bonds is 1. The fraction of sp³-hybridized carbons (Fsp3) is 0. The molecule has 0 aromatic heterocycles. The van der Waals surface area contributed by atoms with Crippen LogP contribution >= 0.6 is 0 Å². The summed E-state index contributed by atoms with van der Waals surface area (Å²) in [6.07, 6.45) is 0.690. The lowest BCUT2D eigenvalue weighted by Crippen LogP contribution is -2.08. The van der Waals surface area contributed by atoms with E-state index in [2.05, 4.69) is 0 Å². The van der Waals surface area contributed by atoms with E-state index in [0.717, 1.165) is 0 Å². The van der Waals surface area contributed by atoms with Gasteiger partial charge in [-0.05, 0) is 29.8 Å². The SMILES string of the molecule is O=C1/C(=C/C2=C([O-])c3ccccc3S2(=O)=O)S(=O)(=O)c2ccccc21. The fourth-order valence-corrected chi connectivity index (χ4v) is 6.15. The number of benzene rings is 2. The summed E-state index contributed by atoms with van der Waals surface area (Å²) in [7, 11) is -8.34. The van der Waals surface area contributed by atoms with Crippen LogP contribution < -0.4 is 5.11 Å². The van der Waals surface area contributed by atoms with Crippen LogP contribution in [0.1, 0.15) is 15.9 Å². The Balaban J connectivity index is 1.98. The average molecular weight is 373 g/mol. The lowest BCUT2D eigenvalue weighted by atomic mass is 10.1. The van der Waals surface area contributed by atoms with Gasteiger partial charge in [0.25, 0.3) is 0 Å². The molecule has 4 rings (SSSR count). The van der Waals surface area contributed by atoms with E-state index in [1.54, 1.807) is 0 Å². The topological polar surface area (TPSA) is 108 Å². The summed E-state index contributed by atoms with van der Waals surface area (Å²) < 4.78 is 50.3. The van der Waals surface area contributed by atoms with E-state index >= 15 is 0 Å². The molecule has 0 amide bonds. The Morgan fingerprint density at radius 3 is 1.84 bits per heavy atom. The molecule has 8 heteroatoms. The van der Waals surface area contributed by atoms with E-state index in [-0.39, 0.29) is 20.9 Å². The fourth-order valence-electron chi connectivity index (χ4n) is 2.93. The standard InChI is InChI=1S/C17H10O6S2/c18-16-10-5-1-3-7-12(10)24(20,21)14(16)9-15-17(19)11-6-2-4-8-13(11)25(15,22)23/h1-9,18H/p-1/b15-9-. The van der Waals surface area contributed by atoms with Crippen LogP contribution in [0, 0.1) is 0 Å². The number of carbonyl (C=O) groups is 1. The summed E-state index contributed by atoms with van der Waals surface area (Å²) in [5, 5.41) is 12.4. The first-order valence-electron chi connectivity index (χ1n) is 7.12. The molecule has 2 aromatic rings. The quantitative estimate of drug-likeness (QED) is 0.692. The molecular weight excluding hydrogens is 364 g/mol. The normalized spacial score (nSPS) is 21.4. The van der Waals surface area contributed by atoms with Gasteiger partial charge in [0, 0.05) is 5.56 Å². The van der Waals surface area contributed by atoms with Crippen molar-refractivity contribution < 1.29 is 26.7 Å². The van der Waals surface area contributed by atoms with E-state index in [4.69, 9.17) is 0 Å². The lowest BCUT2D eigenvalue weighted by Gasteiger charge is -2.08. The molecule has 0 aliphatic carbocycles. The largest absolute Gasteiger partial charge is 0.871 e. The molecule has 0 atom stereocenters. The Morgan fingerprint density at radius 1 is 0.760 bits per heavy atom. The van der Waals surface area contributed by atoms with Gasteiger partial charge in [0.1, 0.15) is 4.91 Å². The van der Waals surface area contributed by atoms with Gasteiger partial charge in [-0.15, -0.1) is 0 Å². The molecule has 0 N–H and O–H groups in total. The van der Waals surface area contributed by atoms with Crippen molar-refractivity contribution in [3.8, 4) is 0 Å². The number of Topliss-reactive ketones (excluding diaryl/α,β-unsaturated/α-hetero) is 1. The summed E-state index contributed by atoms with van der Waals surface area (Å²) in [4.78, 5) is 10.6. The van der Waals surface area contributed by atoms with Crippen molar-refractivity contribution in [1.82, 2.24) is 0 Å². The predicted molar refractivity (Wildman–Crippen MR) is 86.6 cm³/mol. The summed E-state index contributed by atoms with van der Waals surface area (Å²) in [5.74, 6) is -1.64. The number of hydrogen-bond donors (Lipinski definition) is 0. The second kappa shape index (κ2) is 4.90. The zero-order chi connectivity index (χ0) is 18.0. The van der Waals surface area contributed by atoms with Crippen LogP contribution in [0.5, 0.6) is 0 Å². The Labute approximate surface area is 143 Å². The lowest BCUT2D eigenvalue weighted by molar-refractivity contribution is -0.244. The minimum absolute atomic E-state index is 0.0327. The highest BCUT2D eigenvalue weighted by atomic mass is 32.2. The maximum atomic E-state index is 12.6. The third-order valence-electron chi connectivity index (χ3n) is 4.13. The zero-order valence-corrected chi connectivity index (χ0v) is 14.1. The van der Waals surface area contributed by atoms with Crippen molar-refractivity contribution in [2.45, 2.75) is 9.79 Å². The maximum absolute atomic E-state index is 12.6. The molecule has 0 spiro atoms. The Hall–Kier alpha value is -2.71. The van der Waals surface area contributed by atoms with Crippen molar-refractivity contribution in [2.75, 3.05) is 0 Å². The van der Waals surface area contributed by atoms with Gasteiger partial charge in [-0.25, -0.2) is 16.8 Å². The van der Waals surface area contributed by atoms with E-state index in [9.17, 15) is 26.7 Å². The van der Waals surface area contributed by atoms with Crippen LogP contribution in [-0.2, 0) is 19.7 Å². The van der Waals surface area contributed by atoms with Gasteiger partial charge in [-0.2, -0.15) is 0 Å². The number of carbonyl (C=O) groups excluding carboxylic acids is 1. The third kappa shape index (κ3) is 1.98. The van der Waals surface area contributed by atoms with E-state index < -0.39 is 41.0 Å². The Morgan fingerprint density at radius 2 is 1.28 bits per heavy atom. The molecule has 0 bridgehead atoms. The van der Waals surface area contributed by atoms with Crippen molar-refractivity contribution in [2.24, 2.45) is 0 Å². The second-order valence-electron chi connectivity index (χ2n) is 5.53. The summed E-state index contributed by atoms with van der Waals surface area (Å²) in [6, 6.07) is 11.2. The minimum Gasteiger partial charge on any atom is -0.871 e. The van der Waals surface area contributed by atoms with Gasteiger partial charge in [0.2, 0.25) is 25.5 Å². The first kappa shape index (κ1) is 15.8. The van der Waals surface area contributed by atoms with Gasteiger partial charge < -0.3 is 5.11 Å². The number of sulfone groups is 2. The molecule has 0 saturated carbocycles. The van der Waals surface area contributed by atoms with Crippen LogP contribution in [0.2, 0.25) is 0 Å². The van der Waals surface area contributed by atoms with E-state index in [1.165, 1.54) is 48.5 Å². The summed E-state index contributed by atoms with van der Waals surface area (Å²) >= 11 is 0. The number of ketones is 1. The van der Waals surface area contributed by atoms with Crippen LogP contribution in [0.15, 0.2) is 74.2 Å². The average Bonchev–Trinajstić information content (AvgIpc) is 2.90. The van der Waals surface area contributed by atoms with Crippen molar-refractivity contribution in [3.05, 3.63) is 75.5 Å². The monoisotopic (exact) mass is 373 g/mol. The molecule has 25 heavy (non-hydrogen) atoms. The van der Waals surface area contributed by atoms with Gasteiger partial charge in [0.05, 0.1) is 14.7 Å². The molecule has 2 aromatic carbocycles. The highest BCUT2D eigenvalue weighted by Crippen LogP contribution is 2.40. The minimum atomic E-state index is -4.17. The zero-order valence-electron chi connectivity index (χ0n) is 12.5. The Kier molecular flexibility index (Phi) is 3.10. The van der Waals surface area contributed by atoms with Crippen molar-refractivity contribution in [1.29, 1.82) is 0 Å². The number of allylic oxidation sites excluding steroid dienone is 2. The van der Waals surface area contributed by atoms with Crippen LogP contribution in [0.3, 0.4) is 0 Å². The number of fused-ring (bicyclic) bond motifs is 2. The molecule has 0 saturated heterocycles. The molecule has 2 aliphatic heterocycles. The molecule has 2 heterocycles. The maximum Gasteiger partial charge on any atom is 0.211 e. The van der Waals surface area contributed by atoms with Crippen molar-refractivity contribution >= 4 is 31.2 Å². The van der Waals surface area contributed by atoms with Gasteiger partial charge in [-0.3, -0.25) is 4.79 Å². The van der Waals surface area contributed by atoms with Crippen molar-refractivity contribution in [3.63, 3.8) is 0 Å². The molecule has 6 nitrogen and oxygen atoms in total. The summed E-state index contributed by atoms with van der Waals surface area (Å²) in [6.45, 7) is 0. The molecule has 126 valence electrons. The van der Waals surface area contributed by atoms with Crippen LogP contribution in [-0.4, -0.2) is 22.6 Å². The molecular formula is C17H9O6S2-. The predicted octanol–water partition coefficient (Wildman–Crippen LogP) is 1.06. The highest BCUT2D eigenvalue weighted by molar-refractivity contribution is 7.97.